The maximum absolute atomic E-state index is 12.4. The van der Waals surface area contributed by atoms with E-state index in [4.69, 9.17) is 10.8 Å². The maximum Gasteiger partial charge on any atom is 0.251 e. The summed E-state index contributed by atoms with van der Waals surface area (Å²) in [6.07, 6.45) is -3.37. The largest absolute Gasteiger partial charge is 0.396 e. The van der Waals surface area contributed by atoms with Crippen molar-refractivity contribution in [3.05, 3.63) is 11.4 Å². The van der Waals surface area contributed by atoms with Gasteiger partial charge < -0.3 is 15.9 Å². The number of rotatable bonds is 8. The van der Waals surface area contributed by atoms with Crippen LogP contribution in [0.4, 0.5) is 14.5 Å². The number of nitrogens with two attached hydrogens (primary N) is 1. The van der Waals surface area contributed by atoms with Gasteiger partial charge in [-0.25, -0.2) is 8.78 Å². The average Bonchev–Trinajstić information content (AvgIpc) is 2.56. The van der Waals surface area contributed by atoms with Crippen LogP contribution in [-0.4, -0.2) is 63.7 Å². The molecule has 1 rings (SSSR count). The molecule has 116 valence electrons. The minimum atomic E-state index is -2.50. The summed E-state index contributed by atoms with van der Waals surface area (Å²) in [5.74, 6) is 0. The van der Waals surface area contributed by atoms with Crippen LogP contribution < -0.4 is 5.73 Å². The molecule has 0 spiro atoms. The number of halogens is 2. The first-order chi connectivity index (χ1) is 9.35. The number of hydrogen-bond donors (Lipinski definition) is 3. The molecule has 8 heteroatoms. The van der Waals surface area contributed by atoms with Gasteiger partial charge in [0.1, 0.15) is 0 Å². The number of hydrogen-bond acceptors (Lipinski definition) is 5. The summed E-state index contributed by atoms with van der Waals surface area (Å²) in [5.41, 5.74) is 7.77. The fourth-order valence-corrected chi connectivity index (χ4v) is 2.04. The van der Waals surface area contributed by atoms with Crippen LogP contribution in [0.3, 0.4) is 0 Å². The first-order valence-electron chi connectivity index (χ1n) is 6.44. The molecule has 0 saturated carbocycles. The van der Waals surface area contributed by atoms with Crippen molar-refractivity contribution in [2.24, 2.45) is 0 Å². The normalized spacial score (nSPS) is 13.4. The summed E-state index contributed by atoms with van der Waals surface area (Å²) in [7, 11) is 0. The molecule has 0 aliphatic rings. The molecule has 0 aromatic carbocycles. The van der Waals surface area contributed by atoms with Gasteiger partial charge in [-0.3, -0.25) is 9.58 Å². The molecule has 20 heavy (non-hydrogen) atoms. The Kier molecular flexibility index (Phi) is 6.31. The predicted octanol–water partition coefficient (Wildman–Crippen LogP) is 0.00244. The van der Waals surface area contributed by atoms with Crippen molar-refractivity contribution in [1.82, 2.24) is 14.7 Å². The topological polar surface area (TPSA) is 87.5 Å². The van der Waals surface area contributed by atoms with Crippen LogP contribution >= 0.6 is 0 Å². The summed E-state index contributed by atoms with van der Waals surface area (Å²) in [6.45, 7) is 3.16. The number of nitrogen functional groups attached to an aromatic ring is 1. The molecule has 0 saturated heterocycles. The van der Waals surface area contributed by atoms with Crippen LogP contribution in [0.5, 0.6) is 0 Å². The fourth-order valence-electron chi connectivity index (χ4n) is 2.04. The van der Waals surface area contributed by atoms with Crippen molar-refractivity contribution in [3.8, 4) is 0 Å². The standard InChI is InChI=1S/C12H22F2N4O2/c1-8-12(15)9(2)18(16-8)6-10(20)5-17(3-4-19)7-11(13)14/h10-11,19-20H,3-7,15H2,1-2H3. The third-order valence-electron chi connectivity index (χ3n) is 3.10. The van der Waals surface area contributed by atoms with Gasteiger partial charge in [-0.15, -0.1) is 0 Å². The molecule has 0 radical (unpaired) electrons. The highest BCUT2D eigenvalue weighted by atomic mass is 19.3. The van der Waals surface area contributed by atoms with E-state index >= 15 is 0 Å². The molecule has 0 amide bonds. The van der Waals surface area contributed by atoms with Gasteiger partial charge in [-0.2, -0.15) is 5.10 Å². The second kappa shape index (κ2) is 7.51. The van der Waals surface area contributed by atoms with E-state index in [9.17, 15) is 13.9 Å². The molecule has 1 unspecified atom stereocenters. The van der Waals surface area contributed by atoms with Gasteiger partial charge in [-0.1, -0.05) is 0 Å². The Morgan fingerprint density at radius 2 is 2.00 bits per heavy atom. The lowest BCUT2D eigenvalue weighted by atomic mass is 10.3. The quantitative estimate of drug-likeness (QED) is 0.628. The van der Waals surface area contributed by atoms with Crippen molar-refractivity contribution >= 4 is 5.69 Å². The monoisotopic (exact) mass is 292 g/mol. The molecule has 1 heterocycles. The minimum absolute atomic E-state index is 0.0448. The lowest BCUT2D eigenvalue weighted by Gasteiger charge is -2.24. The molecule has 4 N–H and O–H groups in total. The van der Waals surface area contributed by atoms with Crippen LogP contribution in [0.15, 0.2) is 0 Å². The van der Waals surface area contributed by atoms with Crippen molar-refractivity contribution in [3.63, 3.8) is 0 Å². The zero-order valence-electron chi connectivity index (χ0n) is 11.8. The Hall–Kier alpha value is -1.25. The second-order valence-corrected chi connectivity index (χ2v) is 4.79. The molecule has 0 aliphatic carbocycles. The molecule has 1 aromatic rings. The van der Waals surface area contributed by atoms with Gasteiger partial charge in [0.15, 0.2) is 0 Å². The van der Waals surface area contributed by atoms with E-state index in [0.717, 1.165) is 5.69 Å². The summed E-state index contributed by atoms with van der Waals surface area (Å²) in [5, 5.41) is 23.0. The van der Waals surface area contributed by atoms with Crippen LogP contribution in [0.2, 0.25) is 0 Å². The summed E-state index contributed by atoms with van der Waals surface area (Å²) < 4.78 is 26.3. The number of aromatic nitrogens is 2. The molecule has 1 atom stereocenters. The second-order valence-electron chi connectivity index (χ2n) is 4.79. The molecular weight excluding hydrogens is 270 g/mol. The Labute approximate surface area is 116 Å². The number of aliphatic hydroxyl groups is 2. The van der Waals surface area contributed by atoms with E-state index in [1.165, 1.54) is 4.90 Å². The van der Waals surface area contributed by atoms with Crippen LogP contribution in [-0.2, 0) is 6.54 Å². The van der Waals surface area contributed by atoms with Gasteiger partial charge in [0.25, 0.3) is 6.43 Å². The van der Waals surface area contributed by atoms with Gasteiger partial charge in [0, 0.05) is 13.1 Å². The van der Waals surface area contributed by atoms with Gasteiger partial charge in [-0.05, 0) is 13.8 Å². The summed E-state index contributed by atoms with van der Waals surface area (Å²) in [6, 6.07) is 0. The van der Waals surface area contributed by atoms with E-state index in [1.54, 1.807) is 18.5 Å². The Balaban J connectivity index is 2.60. The predicted molar refractivity (Wildman–Crippen MR) is 71.7 cm³/mol. The SMILES string of the molecule is Cc1nn(CC(O)CN(CCO)CC(F)F)c(C)c1N. The smallest absolute Gasteiger partial charge is 0.251 e. The lowest BCUT2D eigenvalue weighted by molar-refractivity contribution is 0.0401. The number of anilines is 1. The Morgan fingerprint density at radius 1 is 1.35 bits per heavy atom. The first kappa shape index (κ1) is 16.8. The number of alkyl halides is 2. The number of aliphatic hydroxyl groups excluding tert-OH is 2. The zero-order chi connectivity index (χ0) is 15.3. The fraction of sp³-hybridized carbons (Fsp3) is 0.750. The Bertz CT molecular complexity index is 426. The number of aryl methyl sites for hydroxylation is 1. The maximum atomic E-state index is 12.4. The summed E-state index contributed by atoms with van der Waals surface area (Å²) >= 11 is 0. The van der Waals surface area contributed by atoms with E-state index in [-0.39, 0.29) is 26.2 Å². The van der Waals surface area contributed by atoms with Crippen molar-refractivity contribution < 1.29 is 19.0 Å². The third kappa shape index (κ3) is 4.69. The Morgan fingerprint density at radius 3 is 2.45 bits per heavy atom. The third-order valence-corrected chi connectivity index (χ3v) is 3.10. The van der Waals surface area contributed by atoms with Crippen molar-refractivity contribution in [1.29, 1.82) is 0 Å². The molecule has 0 fully saturated rings. The van der Waals surface area contributed by atoms with Crippen molar-refractivity contribution in [2.45, 2.75) is 32.9 Å². The first-order valence-corrected chi connectivity index (χ1v) is 6.44. The molecule has 1 aromatic heterocycles. The van der Waals surface area contributed by atoms with E-state index in [1.807, 2.05) is 0 Å². The number of nitrogens with zero attached hydrogens (tertiary/aromatic N) is 3. The van der Waals surface area contributed by atoms with Gasteiger partial charge in [0.2, 0.25) is 0 Å². The van der Waals surface area contributed by atoms with Crippen molar-refractivity contribution in [2.75, 3.05) is 32.0 Å². The summed E-state index contributed by atoms with van der Waals surface area (Å²) in [4.78, 5) is 1.32. The average molecular weight is 292 g/mol. The molecule has 6 nitrogen and oxygen atoms in total. The van der Waals surface area contributed by atoms with Gasteiger partial charge >= 0.3 is 0 Å². The van der Waals surface area contributed by atoms with Gasteiger partial charge in [0.05, 0.1) is 42.9 Å². The minimum Gasteiger partial charge on any atom is -0.396 e. The molecule has 0 aliphatic heterocycles. The molecule has 0 bridgehead atoms. The highest BCUT2D eigenvalue weighted by Gasteiger charge is 2.18. The van der Waals surface area contributed by atoms with E-state index < -0.39 is 19.1 Å². The zero-order valence-corrected chi connectivity index (χ0v) is 11.8. The highest BCUT2D eigenvalue weighted by molar-refractivity contribution is 5.46. The van der Waals surface area contributed by atoms with E-state index in [0.29, 0.717) is 11.4 Å². The molecular formula is C12H22F2N4O2. The van der Waals surface area contributed by atoms with Crippen LogP contribution in [0, 0.1) is 13.8 Å². The highest BCUT2D eigenvalue weighted by Crippen LogP contribution is 2.15. The lowest BCUT2D eigenvalue weighted by Crippen LogP contribution is -2.39. The van der Waals surface area contributed by atoms with Crippen LogP contribution in [0.25, 0.3) is 0 Å². The van der Waals surface area contributed by atoms with E-state index in [2.05, 4.69) is 5.10 Å². The van der Waals surface area contributed by atoms with Crippen LogP contribution in [0.1, 0.15) is 11.4 Å².